The lowest BCUT2D eigenvalue weighted by atomic mass is 10.2. The third-order valence-electron chi connectivity index (χ3n) is 3.79. The average molecular weight is 329 g/mol. The van der Waals surface area contributed by atoms with Gasteiger partial charge in [0.2, 0.25) is 11.8 Å². The van der Waals surface area contributed by atoms with Crippen molar-refractivity contribution in [3.05, 3.63) is 54.0 Å². The van der Waals surface area contributed by atoms with Gasteiger partial charge in [-0.2, -0.15) is 0 Å². The minimum Gasteiger partial charge on any atom is -0.467 e. The summed E-state index contributed by atoms with van der Waals surface area (Å²) >= 11 is 0. The molecule has 1 heterocycles. The van der Waals surface area contributed by atoms with Crippen LogP contribution in [-0.4, -0.2) is 36.3 Å². The fourth-order valence-corrected chi connectivity index (χ4v) is 2.10. The number of nitrogens with one attached hydrogen (secondary N) is 2. The summed E-state index contributed by atoms with van der Waals surface area (Å²) in [5.74, 6) is 0.375. The first kappa shape index (κ1) is 17.7. The van der Waals surface area contributed by atoms with E-state index < -0.39 is 6.04 Å². The molecular weight excluding hydrogens is 306 g/mol. The Morgan fingerprint density at radius 2 is 1.92 bits per heavy atom. The standard InChI is InChI=1S/C18H23N3O3/c1-13-6-8-15(9-7-13)20-18(23)14(2)21(3)12-17(22)19-11-16-5-4-10-24-16/h4-10,14H,11-12H2,1-3H3,(H,19,22)(H,20,23)/t14-/m1/s1. The number of hydrogen-bond donors (Lipinski definition) is 2. The van der Waals surface area contributed by atoms with E-state index in [-0.39, 0.29) is 18.4 Å². The molecule has 6 nitrogen and oxygen atoms in total. The zero-order valence-corrected chi connectivity index (χ0v) is 14.2. The molecule has 0 aliphatic heterocycles. The smallest absolute Gasteiger partial charge is 0.241 e. The molecule has 0 unspecified atom stereocenters. The molecule has 1 atom stereocenters. The van der Waals surface area contributed by atoms with Crippen LogP contribution in [0.15, 0.2) is 47.1 Å². The minimum absolute atomic E-state index is 0.128. The summed E-state index contributed by atoms with van der Waals surface area (Å²) in [6, 6.07) is 10.7. The summed E-state index contributed by atoms with van der Waals surface area (Å²) < 4.78 is 5.16. The van der Waals surface area contributed by atoms with Crippen molar-refractivity contribution in [3.8, 4) is 0 Å². The number of hydrogen-bond acceptors (Lipinski definition) is 4. The number of carbonyl (C=O) groups is 2. The average Bonchev–Trinajstić information content (AvgIpc) is 3.07. The lowest BCUT2D eigenvalue weighted by Gasteiger charge is -2.23. The number of nitrogens with zero attached hydrogens (tertiary/aromatic N) is 1. The van der Waals surface area contributed by atoms with Gasteiger partial charge in [0, 0.05) is 5.69 Å². The van der Waals surface area contributed by atoms with Crippen molar-refractivity contribution in [1.82, 2.24) is 10.2 Å². The predicted molar refractivity (Wildman–Crippen MR) is 92.5 cm³/mol. The maximum absolute atomic E-state index is 12.3. The van der Waals surface area contributed by atoms with Crippen LogP contribution < -0.4 is 10.6 Å². The molecule has 1 aromatic heterocycles. The van der Waals surface area contributed by atoms with Crippen LogP contribution in [0.3, 0.4) is 0 Å². The lowest BCUT2D eigenvalue weighted by Crippen LogP contribution is -2.44. The predicted octanol–water partition coefficient (Wildman–Crippen LogP) is 2.16. The Hall–Kier alpha value is -2.60. The largest absolute Gasteiger partial charge is 0.467 e. The van der Waals surface area contributed by atoms with E-state index in [4.69, 9.17) is 4.42 Å². The highest BCUT2D eigenvalue weighted by atomic mass is 16.3. The highest BCUT2D eigenvalue weighted by Crippen LogP contribution is 2.10. The van der Waals surface area contributed by atoms with Crippen molar-refractivity contribution in [2.75, 3.05) is 18.9 Å². The van der Waals surface area contributed by atoms with Gasteiger partial charge in [0.25, 0.3) is 0 Å². The van der Waals surface area contributed by atoms with Gasteiger partial charge in [0.1, 0.15) is 5.76 Å². The molecule has 128 valence electrons. The topological polar surface area (TPSA) is 74.6 Å². The van der Waals surface area contributed by atoms with Gasteiger partial charge in [0.05, 0.1) is 25.4 Å². The third kappa shape index (κ3) is 5.24. The fourth-order valence-electron chi connectivity index (χ4n) is 2.10. The molecule has 1 aromatic carbocycles. The van der Waals surface area contributed by atoms with Crippen LogP contribution in [0, 0.1) is 6.92 Å². The van der Waals surface area contributed by atoms with E-state index in [9.17, 15) is 9.59 Å². The molecule has 0 aliphatic rings. The Labute approximate surface area is 141 Å². The van der Waals surface area contributed by atoms with Crippen LogP contribution in [0.5, 0.6) is 0 Å². The first-order chi connectivity index (χ1) is 11.5. The molecule has 2 amide bonds. The molecule has 2 aromatic rings. The SMILES string of the molecule is Cc1ccc(NC(=O)[C@@H](C)N(C)CC(=O)NCc2ccco2)cc1. The summed E-state index contributed by atoms with van der Waals surface area (Å²) in [7, 11) is 1.74. The number of benzene rings is 1. The molecule has 0 aliphatic carbocycles. The summed E-state index contributed by atoms with van der Waals surface area (Å²) in [6.45, 7) is 4.22. The van der Waals surface area contributed by atoms with Gasteiger partial charge in [-0.05, 0) is 45.2 Å². The molecule has 0 fully saturated rings. The van der Waals surface area contributed by atoms with Crippen LogP contribution in [0.4, 0.5) is 5.69 Å². The third-order valence-corrected chi connectivity index (χ3v) is 3.79. The second-order valence-electron chi connectivity index (χ2n) is 5.80. The molecule has 24 heavy (non-hydrogen) atoms. The van der Waals surface area contributed by atoms with Gasteiger partial charge >= 0.3 is 0 Å². The summed E-state index contributed by atoms with van der Waals surface area (Å²) in [5, 5.41) is 5.61. The van der Waals surface area contributed by atoms with Crippen molar-refractivity contribution < 1.29 is 14.0 Å². The van der Waals surface area contributed by atoms with Crippen molar-refractivity contribution in [2.45, 2.75) is 26.4 Å². The van der Waals surface area contributed by atoms with Crippen LogP contribution in [0.2, 0.25) is 0 Å². The molecule has 6 heteroatoms. The van der Waals surface area contributed by atoms with Crippen molar-refractivity contribution in [3.63, 3.8) is 0 Å². The Morgan fingerprint density at radius 1 is 1.21 bits per heavy atom. The van der Waals surface area contributed by atoms with E-state index in [0.717, 1.165) is 11.3 Å². The van der Waals surface area contributed by atoms with Crippen LogP contribution in [0.25, 0.3) is 0 Å². The quantitative estimate of drug-likeness (QED) is 0.816. The van der Waals surface area contributed by atoms with Crippen LogP contribution in [-0.2, 0) is 16.1 Å². The van der Waals surface area contributed by atoms with Gasteiger partial charge in [-0.1, -0.05) is 17.7 Å². The summed E-state index contributed by atoms with van der Waals surface area (Å²) in [6.07, 6.45) is 1.56. The summed E-state index contributed by atoms with van der Waals surface area (Å²) in [5.41, 5.74) is 1.87. The van der Waals surface area contributed by atoms with E-state index in [1.807, 2.05) is 31.2 Å². The first-order valence-corrected chi connectivity index (χ1v) is 7.82. The molecular formula is C18H23N3O3. The molecule has 2 rings (SSSR count). The number of rotatable bonds is 7. The maximum atomic E-state index is 12.3. The van der Waals surface area contributed by atoms with Crippen molar-refractivity contribution in [2.24, 2.45) is 0 Å². The van der Waals surface area contributed by atoms with E-state index >= 15 is 0 Å². The maximum Gasteiger partial charge on any atom is 0.241 e. The monoisotopic (exact) mass is 329 g/mol. The molecule has 0 saturated carbocycles. The first-order valence-electron chi connectivity index (χ1n) is 7.82. The highest BCUT2D eigenvalue weighted by Gasteiger charge is 2.20. The van der Waals surface area contributed by atoms with Crippen LogP contribution >= 0.6 is 0 Å². The number of likely N-dealkylation sites (N-methyl/N-ethyl adjacent to an activating group) is 1. The van der Waals surface area contributed by atoms with E-state index in [1.165, 1.54) is 0 Å². The number of amides is 2. The van der Waals surface area contributed by atoms with Crippen molar-refractivity contribution >= 4 is 17.5 Å². The van der Waals surface area contributed by atoms with E-state index in [1.54, 1.807) is 37.3 Å². The Balaban J connectivity index is 1.79. The van der Waals surface area contributed by atoms with E-state index in [2.05, 4.69) is 10.6 Å². The zero-order chi connectivity index (χ0) is 17.5. The van der Waals surface area contributed by atoms with Gasteiger partial charge < -0.3 is 15.1 Å². The van der Waals surface area contributed by atoms with E-state index in [0.29, 0.717) is 12.3 Å². The number of carbonyl (C=O) groups excluding carboxylic acids is 2. The molecule has 0 bridgehead atoms. The van der Waals surface area contributed by atoms with Crippen molar-refractivity contribution in [1.29, 1.82) is 0 Å². The Bertz CT molecular complexity index is 665. The number of aryl methyl sites for hydroxylation is 1. The molecule has 0 spiro atoms. The molecule has 2 N–H and O–H groups in total. The highest BCUT2D eigenvalue weighted by molar-refractivity contribution is 5.94. The van der Waals surface area contributed by atoms with Gasteiger partial charge in [-0.15, -0.1) is 0 Å². The van der Waals surface area contributed by atoms with Crippen LogP contribution in [0.1, 0.15) is 18.2 Å². The zero-order valence-electron chi connectivity index (χ0n) is 14.2. The molecule has 0 saturated heterocycles. The number of anilines is 1. The molecule has 0 radical (unpaired) electrons. The second-order valence-corrected chi connectivity index (χ2v) is 5.80. The van der Waals surface area contributed by atoms with Gasteiger partial charge in [-0.25, -0.2) is 0 Å². The number of furan rings is 1. The lowest BCUT2D eigenvalue weighted by molar-refractivity contribution is -0.125. The summed E-state index contributed by atoms with van der Waals surface area (Å²) in [4.78, 5) is 25.9. The fraction of sp³-hybridized carbons (Fsp3) is 0.333. The normalized spacial score (nSPS) is 12.0. The Kier molecular flexibility index (Phi) is 6.14. The Morgan fingerprint density at radius 3 is 2.54 bits per heavy atom. The van der Waals surface area contributed by atoms with Gasteiger partial charge in [0.15, 0.2) is 0 Å². The minimum atomic E-state index is -0.430. The van der Waals surface area contributed by atoms with Gasteiger partial charge in [-0.3, -0.25) is 14.5 Å². The second kappa shape index (κ2) is 8.31.